The Balaban J connectivity index is 4.49. The molecule has 3 heteroatoms. The monoisotopic (exact) mass is 167 g/mol. The van der Waals surface area contributed by atoms with E-state index in [1.165, 1.54) is 6.21 Å². The van der Waals surface area contributed by atoms with Crippen LogP contribution in [0, 0.1) is 0 Å². The van der Waals surface area contributed by atoms with Crippen molar-refractivity contribution in [3.8, 4) is 0 Å². The first-order valence-electron chi connectivity index (χ1n) is 3.39. The molecule has 0 radical (unpaired) electrons. The van der Waals surface area contributed by atoms with E-state index in [2.05, 4.69) is 18.3 Å². The van der Waals surface area contributed by atoms with E-state index in [9.17, 15) is 0 Å². The molecule has 0 bridgehead atoms. The van der Waals surface area contributed by atoms with Crippen molar-refractivity contribution in [2.24, 2.45) is 5.16 Å². The maximum Gasteiger partial charge on any atom is 0.121 e. The third kappa shape index (κ3) is 3.61. The maximum absolute atomic E-state index is 8.18. The lowest BCUT2D eigenvalue weighted by molar-refractivity contribution is 0.301. The van der Waals surface area contributed by atoms with Crippen molar-refractivity contribution in [1.29, 1.82) is 0 Å². The topological polar surface area (TPSA) is 41.8 Å². The lowest BCUT2D eigenvalue weighted by Gasteiger charge is -2.03. The van der Waals surface area contributed by atoms with E-state index < -0.39 is 0 Å². The number of ether oxygens (including phenoxy) is 1. The molecular formula is C9H13NO2. The van der Waals surface area contributed by atoms with Crippen molar-refractivity contribution < 1.29 is 9.94 Å². The second kappa shape index (κ2) is 5.18. The van der Waals surface area contributed by atoms with E-state index in [0.717, 1.165) is 5.57 Å². The summed E-state index contributed by atoms with van der Waals surface area (Å²) in [5.41, 5.74) is 1.35. The molecule has 0 rings (SSSR count). The minimum Gasteiger partial charge on any atom is -0.496 e. The Labute approximate surface area is 72.3 Å². The third-order valence-corrected chi connectivity index (χ3v) is 1.18. The summed E-state index contributed by atoms with van der Waals surface area (Å²) in [6.07, 6.45) is 2.87. The van der Waals surface area contributed by atoms with Crippen LogP contribution in [0.4, 0.5) is 0 Å². The summed E-state index contributed by atoms with van der Waals surface area (Å²) in [4.78, 5) is 0. The van der Waals surface area contributed by atoms with Crippen LogP contribution in [-0.4, -0.2) is 18.5 Å². The molecule has 3 nitrogen and oxygen atoms in total. The van der Waals surface area contributed by atoms with Crippen molar-refractivity contribution in [2.45, 2.75) is 6.92 Å². The van der Waals surface area contributed by atoms with Crippen molar-refractivity contribution in [3.63, 3.8) is 0 Å². The van der Waals surface area contributed by atoms with E-state index in [0.29, 0.717) is 11.3 Å². The average Bonchev–Trinajstić information content (AvgIpc) is 2.00. The summed E-state index contributed by atoms with van der Waals surface area (Å²) in [7, 11) is 1.55. The highest BCUT2D eigenvalue weighted by atomic mass is 16.5. The largest absolute Gasteiger partial charge is 0.496 e. The SMILES string of the molecule is C=C(/C=N/O)/C=C(/OC)C(=C)C. The second-order valence-electron chi connectivity index (χ2n) is 2.31. The van der Waals surface area contributed by atoms with Crippen LogP contribution in [0.5, 0.6) is 0 Å². The normalized spacial score (nSPS) is 11.7. The molecular weight excluding hydrogens is 154 g/mol. The molecule has 66 valence electrons. The van der Waals surface area contributed by atoms with Gasteiger partial charge in [-0.05, 0) is 24.1 Å². The van der Waals surface area contributed by atoms with Crippen LogP contribution in [0.2, 0.25) is 0 Å². The fraction of sp³-hybridized carbons (Fsp3) is 0.222. The first-order valence-corrected chi connectivity index (χ1v) is 3.39. The van der Waals surface area contributed by atoms with Gasteiger partial charge in [-0.15, -0.1) is 0 Å². The highest BCUT2D eigenvalue weighted by Gasteiger charge is 1.96. The van der Waals surface area contributed by atoms with Gasteiger partial charge in [-0.2, -0.15) is 0 Å². The van der Waals surface area contributed by atoms with Gasteiger partial charge in [-0.3, -0.25) is 0 Å². The molecule has 1 N–H and O–H groups in total. The lowest BCUT2D eigenvalue weighted by Crippen LogP contribution is -1.89. The number of methoxy groups -OCH3 is 1. The van der Waals surface area contributed by atoms with Gasteiger partial charge >= 0.3 is 0 Å². The first kappa shape index (κ1) is 10.5. The molecule has 0 aromatic heterocycles. The van der Waals surface area contributed by atoms with Crippen LogP contribution >= 0.6 is 0 Å². The van der Waals surface area contributed by atoms with Gasteiger partial charge in [0.15, 0.2) is 0 Å². The minimum absolute atomic E-state index is 0.553. The number of hydrogen-bond acceptors (Lipinski definition) is 3. The Morgan fingerprint density at radius 1 is 1.50 bits per heavy atom. The second-order valence-corrected chi connectivity index (χ2v) is 2.31. The van der Waals surface area contributed by atoms with E-state index in [1.807, 2.05) is 6.92 Å². The molecule has 0 spiro atoms. The van der Waals surface area contributed by atoms with Crippen LogP contribution in [-0.2, 0) is 4.74 Å². The molecule has 0 unspecified atom stereocenters. The molecule has 0 heterocycles. The summed E-state index contributed by atoms with van der Waals surface area (Å²) in [6.45, 7) is 9.12. The Morgan fingerprint density at radius 3 is 2.42 bits per heavy atom. The molecule has 0 saturated heterocycles. The molecule has 12 heavy (non-hydrogen) atoms. The molecule has 0 aliphatic carbocycles. The van der Waals surface area contributed by atoms with Gasteiger partial charge in [0.25, 0.3) is 0 Å². The molecule has 0 saturated carbocycles. The predicted octanol–water partition coefficient (Wildman–Crippen LogP) is 2.11. The molecule has 0 amide bonds. The fourth-order valence-electron chi connectivity index (χ4n) is 0.636. The lowest BCUT2D eigenvalue weighted by atomic mass is 10.2. The highest BCUT2D eigenvalue weighted by molar-refractivity contribution is 5.81. The van der Waals surface area contributed by atoms with E-state index in [4.69, 9.17) is 9.94 Å². The zero-order valence-corrected chi connectivity index (χ0v) is 7.37. The Bertz CT molecular complexity index is 239. The number of nitrogens with zero attached hydrogens (tertiary/aromatic N) is 1. The summed E-state index contributed by atoms with van der Waals surface area (Å²) < 4.78 is 4.99. The number of oxime groups is 1. The van der Waals surface area contributed by atoms with Crippen molar-refractivity contribution in [3.05, 3.63) is 36.1 Å². The van der Waals surface area contributed by atoms with E-state index >= 15 is 0 Å². The van der Waals surface area contributed by atoms with Crippen molar-refractivity contribution in [2.75, 3.05) is 7.11 Å². The van der Waals surface area contributed by atoms with Gasteiger partial charge < -0.3 is 9.94 Å². The smallest absolute Gasteiger partial charge is 0.121 e. The summed E-state index contributed by atoms with van der Waals surface area (Å²) >= 11 is 0. The zero-order chi connectivity index (χ0) is 9.56. The maximum atomic E-state index is 8.18. The molecule has 0 fully saturated rings. The summed E-state index contributed by atoms with van der Waals surface area (Å²) in [5, 5.41) is 11.0. The molecule has 0 aromatic rings. The Hall–Kier alpha value is -1.51. The van der Waals surface area contributed by atoms with Gasteiger partial charge in [-0.1, -0.05) is 18.3 Å². The van der Waals surface area contributed by atoms with Gasteiger partial charge in [0.05, 0.1) is 13.3 Å². The van der Waals surface area contributed by atoms with E-state index in [1.54, 1.807) is 13.2 Å². The highest BCUT2D eigenvalue weighted by Crippen LogP contribution is 2.08. The number of hydrogen-bond donors (Lipinski definition) is 1. The predicted molar refractivity (Wildman–Crippen MR) is 49.3 cm³/mol. The average molecular weight is 167 g/mol. The first-order chi connectivity index (χ1) is 5.61. The van der Waals surface area contributed by atoms with Gasteiger partial charge in [0.1, 0.15) is 5.76 Å². The number of allylic oxidation sites excluding steroid dienone is 3. The fourth-order valence-corrected chi connectivity index (χ4v) is 0.636. The minimum atomic E-state index is 0.553. The molecule has 0 aliphatic heterocycles. The van der Waals surface area contributed by atoms with Crippen LogP contribution in [0.1, 0.15) is 6.92 Å². The summed E-state index contributed by atoms with van der Waals surface area (Å²) in [6, 6.07) is 0. The molecule has 0 atom stereocenters. The van der Waals surface area contributed by atoms with Gasteiger partial charge in [0, 0.05) is 0 Å². The van der Waals surface area contributed by atoms with E-state index in [-0.39, 0.29) is 0 Å². The van der Waals surface area contributed by atoms with Crippen LogP contribution < -0.4 is 0 Å². The van der Waals surface area contributed by atoms with Crippen LogP contribution in [0.3, 0.4) is 0 Å². The standard InChI is InChI=1S/C9H13NO2/c1-7(2)9(12-4)5-8(3)6-10-11/h5-6,11H,1,3H2,2,4H3/b9-5+,10-6+. The van der Waals surface area contributed by atoms with Crippen molar-refractivity contribution in [1.82, 2.24) is 0 Å². The number of rotatable bonds is 4. The molecule has 0 aliphatic rings. The quantitative estimate of drug-likeness (QED) is 0.229. The van der Waals surface area contributed by atoms with Crippen LogP contribution in [0.15, 0.2) is 41.3 Å². The van der Waals surface area contributed by atoms with Crippen molar-refractivity contribution >= 4 is 6.21 Å². The Kier molecular flexibility index (Phi) is 4.53. The molecule has 0 aromatic carbocycles. The van der Waals surface area contributed by atoms with Gasteiger partial charge in [-0.25, -0.2) is 0 Å². The van der Waals surface area contributed by atoms with Gasteiger partial charge in [0.2, 0.25) is 0 Å². The third-order valence-electron chi connectivity index (χ3n) is 1.18. The zero-order valence-electron chi connectivity index (χ0n) is 7.37. The van der Waals surface area contributed by atoms with Crippen LogP contribution in [0.25, 0.3) is 0 Å². The Morgan fingerprint density at radius 2 is 2.08 bits per heavy atom. The summed E-state index contributed by atoms with van der Waals surface area (Å²) in [5.74, 6) is 0.625.